The number of esters is 2. The van der Waals surface area contributed by atoms with Gasteiger partial charge in [-0.15, -0.1) is 0 Å². The Balaban J connectivity index is 1.86. The van der Waals surface area contributed by atoms with Crippen LogP contribution in [-0.2, 0) is 35.2 Å². The van der Waals surface area contributed by atoms with Gasteiger partial charge in [-0.25, -0.2) is 0 Å². The number of benzene rings is 2. The monoisotopic (exact) mass is 609 g/mol. The van der Waals surface area contributed by atoms with Crippen LogP contribution in [0.25, 0.3) is 16.3 Å². The lowest BCUT2D eigenvalue weighted by molar-refractivity contribution is -0.665. The molecule has 0 fully saturated rings. The van der Waals surface area contributed by atoms with Crippen molar-refractivity contribution >= 4 is 68.6 Å². The Kier molecular flexibility index (Phi) is 10.2. The first-order chi connectivity index (χ1) is 20.2. The van der Waals surface area contributed by atoms with Crippen molar-refractivity contribution in [1.82, 2.24) is 0 Å². The summed E-state index contributed by atoms with van der Waals surface area (Å²) >= 11 is 3.31. The van der Waals surface area contributed by atoms with Gasteiger partial charge in [-0.2, -0.15) is 4.57 Å². The lowest BCUT2D eigenvalue weighted by Crippen LogP contribution is -2.40. The van der Waals surface area contributed by atoms with Crippen LogP contribution in [0.3, 0.4) is 0 Å². The number of thioether (sulfide) groups is 1. The van der Waals surface area contributed by atoms with Crippen molar-refractivity contribution in [3.05, 3.63) is 58.1 Å². The lowest BCUT2D eigenvalue weighted by Gasteiger charge is -2.29. The van der Waals surface area contributed by atoms with Gasteiger partial charge in [0, 0.05) is 23.4 Å². The number of carbonyl (C=O) groups is 4. The van der Waals surface area contributed by atoms with Gasteiger partial charge >= 0.3 is 11.9 Å². The van der Waals surface area contributed by atoms with E-state index in [9.17, 15) is 19.2 Å². The number of Topliss-reactive ketones (excluding diaryl/α,β-unsaturated/α-hetero) is 2. The minimum Gasteiger partial charge on any atom is -0.465 e. The first kappa shape index (κ1) is 31.4. The van der Waals surface area contributed by atoms with Crippen LogP contribution in [0.1, 0.15) is 58.0 Å². The highest BCUT2D eigenvalue weighted by atomic mass is 32.2. The number of aromatic nitrogens is 1. The SMILES string of the molecule is CCOC(=O)C(C(C)=O)C(c1ccc2c(c1)sc(C=C1Sc3ccccc3N1CC)[n+]2CC)C(C(C)=O)C(=O)OCC. The van der Waals surface area contributed by atoms with Crippen molar-refractivity contribution in [2.75, 3.05) is 24.7 Å². The van der Waals surface area contributed by atoms with E-state index in [-0.39, 0.29) is 13.2 Å². The van der Waals surface area contributed by atoms with Gasteiger partial charge in [-0.05, 0) is 65.3 Å². The highest BCUT2D eigenvalue weighted by Gasteiger charge is 2.45. The molecule has 222 valence electrons. The van der Waals surface area contributed by atoms with Gasteiger partial charge in [-0.3, -0.25) is 19.2 Å². The molecule has 2 aromatic carbocycles. The van der Waals surface area contributed by atoms with Crippen LogP contribution in [0.2, 0.25) is 0 Å². The van der Waals surface area contributed by atoms with E-state index in [1.807, 2.05) is 24.3 Å². The second kappa shape index (κ2) is 13.6. The number of anilines is 1. The fraction of sp³-hybridized carbons (Fsp3) is 0.406. The minimum atomic E-state index is -1.34. The molecule has 0 bridgehead atoms. The molecule has 8 nitrogen and oxygen atoms in total. The summed E-state index contributed by atoms with van der Waals surface area (Å²) in [6.07, 6.45) is 2.19. The molecule has 0 spiro atoms. The predicted octanol–water partition coefficient (Wildman–Crippen LogP) is 5.76. The molecule has 10 heteroatoms. The Morgan fingerprint density at radius 3 is 2.07 bits per heavy atom. The zero-order valence-corrected chi connectivity index (χ0v) is 26.5. The van der Waals surface area contributed by atoms with Crippen LogP contribution in [0, 0.1) is 11.8 Å². The number of hydrogen-bond donors (Lipinski definition) is 0. The summed E-state index contributed by atoms with van der Waals surface area (Å²) in [5.41, 5.74) is 2.70. The van der Waals surface area contributed by atoms with E-state index >= 15 is 0 Å². The number of ketones is 2. The predicted molar refractivity (Wildman–Crippen MR) is 165 cm³/mol. The van der Waals surface area contributed by atoms with Crippen molar-refractivity contribution < 1.29 is 33.2 Å². The first-order valence-corrected chi connectivity index (χ1v) is 15.9. The number of para-hydroxylation sites is 1. The molecule has 1 aliphatic rings. The van der Waals surface area contributed by atoms with E-state index in [1.54, 1.807) is 43.0 Å². The maximum atomic E-state index is 13.1. The molecule has 0 saturated carbocycles. The molecule has 0 amide bonds. The van der Waals surface area contributed by atoms with Gasteiger partial charge in [0.2, 0.25) is 5.52 Å². The standard InChI is InChI=1S/C32H37N2O6S2/c1-7-33-22-13-11-12-14-24(22)41-26(33)18-27-34(8-2)23-16-15-21(17-25(23)42-27)30(28(19(5)35)31(37)39-9-3)29(20(6)36)32(38)40-10-4/h11-18,28-30H,7-10H2,1-6H3/q+1. The summed E-state index contributed by atoms with van der Waals surface area (Å²) in [6.45, 7) is 11.8. The molecule has 2 heterocycles. The summed E-state index contributed by atoms with van der Waals surface area (Å²) < 4.78 is 13.6. The molecular weight excluding hydrogens is 572 g/mol. The second-order valence-corrected chi connectivity index (χ2v) is 12.0. The number of thiazole rings is 1. The Bertz CT molecular complexity index is 1510. The van der Waals surface area contributed by atoms with E-state index in [4.69, 9.17) is 9.47 Å². The Labute approximate surface area is 254 Å². The van der Waals surface area contributed by atoms with Crippen LogP contribution in [-0.4, -0.2) is 43.3 Å². The topological polar surface area (TPSA) is 93.9 Å². The lowest BCUT2D eigenvalue weighted by atomic mass is 9.73. The molecule has 0 aliphatic carbocycles. The molecule has 42 heavy (non-hydrogen) atoms. The van der Waals surface area contributed by atoms with Crippen molar-refractivity contribution in [3.8, 4) is 0 Å². The zero-order chi connectivity index (χ0) is 30.6. The molecular formula is C32H37N2O6S2+. The van der Waals surface area contributed by atoms with Crippen LogP contribution < -0.4 is 9.47 Å². The van der Waals surface area contributed by atoms with Gasteiger partial charge in [0.25, 0.3) is 5.01 Å². The van der Waals surface area contributed by atoms with E-state index < -0.39 is 41.3 Å². The highest BCUT2D eigenvalue weighted by molar-refractivity contribution is 8.03. The quantitative estimate of drug-likeness (QED) is 0.145. The van der Waals surface area contributed by atoms with Crippen LogP contribution in [0.15, 0.2) is 52.4 Å². The number of aryl methyl sites for hydroxylation is 1. The maximum absolute atomic E-state index is 13.1. The summed E-state index contributed by atoms with van der Waals surface area (Å²) in [6, 6.07) is 14.0. The highest BCUT2D eigenvalue weighted by Crippen LogP contribution is 2.46. The molecule has 2 unspecified atom stereocenters. The van der Waals surface area contributed by atoms with Gasteiger partial charge in [0.1, 0.15) is 34.6 Å². The smallest absolute Gasteiger partial charge is 0.317 e. The average molecular weight is 610 g/mol. The molecule has 0 N–H and O–H groups in total. The van der Waals surface area contributed by atoms with Gasteiger partial charge < -0.3 is 14.4 Å². The van der Waals surface area contributed by atoms with E-state index in [0.717, 1.165) is 33.3 Å². The third-order valence-corrected chi connectivity index (χ3v) is 9.54. The number of nitrogens with zero attached hydrogens (tertiary/aromatic N) is 2. The average Bonchev–Trinajstić information content (AvgIpc) is 3.48. The fourth-order valence-corrected chi connectivity index (χ4v) is 7.98. The van der Waals surface area contributed by atoms with Crippen LogP contribution >= 0.6 is 23.1 Å². The number of ether oxygens (including phenoxy) is 2. The van der Waals surface area contributed by atoms with Crippen molar-refractivity contribution in [3.63, 3.8) is 0 Å². The van der Waals surface area contributed by atoms with Gasteiger partial charge in [-0.1, -0.05) is 41.3 Å². The molecule has 1 aliphatic heterocycles. The fourth-order valence-electron chi connectivity index (χ4n) is 5.53. The van der Waals surface area contributed by atoms with E-state index in [2.05, 4.69) is 41.5 Å². The normalized spacial score (nSPS) is 15.8. The largest absolute Gasteiger partial charge is 0.465 e. The third kappa shape index (κ3) is 6.15. The van der Waals surface area contributed by atoms with Crippen LogP contribution in [0.5, 0.6) is 0 Å². The maximum Gasteiger partial charge on any atom is 0.317 e. The third-order valence-electron chi connectivity index (χ3n) is 7.33. The molecule has 0 radical (unpaired) electrons. The van der Waals surface area contributed by atoms with E-state index in [0.29, 0.717) is 5.56 Å². The second-order valence-electron chi connectivity index (χ2n) is 9.91. The number of carbonyl (C=O) groups excluding carboxylic acids is 4. The Morgan fingerprint density at radius 2 is 1.52 bits per heavy atom. The summed E-state index contributed by atoms with van der Waals surface area (Å²) in [5, 5.41) is 2.17. The summed E-state index contributed by atoms with van der Waals surface area (Å²) in [5.74, 6) is -6.23. The molecule has 3 aromatic rings. The molecule has 4 rings (SSSR count). The summed E-state index contributed by atoms with van der Waals surface area (Å²) in [7, 11) is 0. The zero-order valence-electron chi connectivity index (χ0n) is 24.8. The number of rotatable bonds is 12. The molecule has 2 atom stereocenters. The van der Waals surface area contributed by atoms with Gasteiger partial charge in [0.15, 0.2) is 0 Å². The first-order valence-electron chi connectivity index (χ1n) is 14.2. The number of hydrogen-bond acceptors (Lipinski definition) is 9. The van der Waals surface area contributed by atoms with E-state index in [1.165, 1.54) is 24.4 Å². The molecule has 0 saturated heterocycles. The minimum absolute atomic E-state index is 0.0641. The Morgan fingerprint density at radius 1 is 0.905 bits per heavy atom. The summed E-state index contributed by atoms with van der Waals surface area (Å²) in [4.78, 5) is 55.5. The molecule has 1 aromatic heterocycles. The number of fused-ring (bicyclic) bond motifs is 2. The van der Waals surface area contributed by atoms with Crippen molar-refractivity contribution in [2.45, 2.75) is 58.9 Å². The van der Waals surface area contributed by atoms with Gasteiger partial charge in [0.05, 0.1) is 30.0 Å². The Hall–Kier alpha value is -3.50. The van der Waals surface area contributed by atoms with Crippen molar-refractivity contribution in [1.29, 1.82) is 0 Å². The van der Waals surface area contributed by atoms with Crippen molar-refractivity contribution in [2.24, 2.45) is 11.8 Å². The van der Waals surface area contributed by atoms with Crippen LogP contribution in [0.4, 0.5) is 5.69 Å².